The zero-order chi connectivity index (χ0) is 11.0. The summed E-state index contributed by atoms with van der Waals surface area (Å²) < 4.78 is 0. The van der Waals surface area contributed by atoms with Crippen LogP contribution in [0.1, 0.15) is 11.1 Å². The average Bonchev–Trinajstić information content (AvgIpc) is 2.35. The van der Waals surface area contributed by atoms with Gasteiger partial charge >= 0.3 is 0 Å². The van der Waals surface area contributed by atoms with Crippen molar-refractivity contribution in [2.24, 2.45) is 0 Å². The maximum absolute atomic E-state index is 2.32. The third-order valence-corrected chi connectivity index (χ3v) is 4.80. The van der Waals surface area contributed by atoms with Crippen molar-refractivity contribution in [2.45, 2.75) is 21.1 Å². The molecule has 2 aromatic carbocycles. The van der Waals surface area contributed by atoms with E-state index in [1.54, 1.807) is 0 Å². The SMILES string of the molecule is CSc1ccc2c(c1)Cc1ccccc1S2. The molecule has 3 rings (SSSR count). The summed E-state index contributed by atoms with van der Waals surface area (Å²) in [7, 11) is 0. The van der Waals surface area contributed by atoms with Crippen molar-refractivity contribution in [3.8, 4) is 0 Å². The molecule has 0 N–H and O–H groups in total. The molecule has 0 spiro atoms. The van der Waals surface area contributed by atoms with E-state index >= 15 is 0 Å². The first kappa shape index (κ1) is 10.3. The minimum absolute atomic E-state index is 1.08. The van der Waals surface area contributed by atoms with Gasteiger partial charge in [-0.1, -0.05) is 30.0 Å². The Kier molecular flexibility index (Phi) is 2.70. The van der Waals surface area contributed by atoms with E-state index in [1.165, 1.54) is 25.8 Å². The predicted molar refractivity (Wildman–Crippen MR) is 71.6 cm³/mol. The molecule has 1 aliphatic heterocycles. The summed E-state index contributed by atoms with van der Waals surface area (Å²) in [6.45, 7) is 0. The van der Waals surface area contributed by atoms with Crippen LogP contribution >= 0.6 is 23.5 Å². The van der Waals surface area contributed by atoms with Crippen LogP contribution in [-0.2, 0) is 6.42 Å². The number of rotatable bonds is 1. The summed E-state index contributed by atoms with van der Waals surface area (Å²) in [4.78, 5) is 4.18. The zero-order valence-electron chi connectivity index (χ0n) is 9.07. The summed E-state index contributed by atoms with van der Waals surface area (Å²) in [5, 5.41) is 0. The van der Waals surface area contributed by atoms with Gasteiger partial charge < -0.3 is 0 Å². The average molecular weight is 244 g/mol. The molecule has 0 saturated carbocycles. The van der Waals surface area contributed by atoms with Crippen LogP contribution in [0, 0.1) is 0 Å². The summed E-state index contributed by atoms with van der Waals surface area (Å²) in [5.74, 6) is 0. The molecular formula is C14H12S2. The van der Waals surface area contributed by atoms with Crippen molar-refractivity contribution in [1.82, 2.24) is 0 Å². The second kappa shape index (κ2) is 4.19. The topological polar surface area (TPSA) is 0 Å². The van der Waals surface area contributed by atoms with Gasteiger partial charge in [0.25, 0.3) is 0 Å². The Morgan fingerprint density at radius 2 is 1.81 bits per heavy atom. The Hall–Kier alpha value is -0.860. The monoisotopic (exact) mass is 244 g/mol. The fraction of sp³-hybridized carbons (Fsp3) is 0.143. The van der Waals surface area contributed by atoms with Crippen LogP contribution in [0.2, 0.25) is 0 Å². The highest BCUT2D eigenvalue weighted by Gasteiger charge is 2.15. The molecule has 0 saturated heterocycles. The van der Waals surface area contributed by atoms with Crippen LogP contribution in [0.4, 0.5) is 0 Å². The van der Waals surface area contributed by atoms with Gasteiger partial charge in [0.05, 0.1) is 0 Å². The van der Waals surface area contributed by atoms with E-state index in [4.69, 9.17) is 0 Å². The summed E-state index contributed by atoms with van der Waals surface area (Å²) >= 11 is 3.71. The zero-order valence-corrected chi connectivity index (χ0v) is 10.7. The third-order valence-electron chi connectivity index (χ3n) is 2.84. The van der Waals surface area contributed by atoms with Gasteiger partial charge in [0, 0.05) is 14.7 Å². The maximum atomic E-state index is 2.32. The van der Waals surface area contributed by atoms with Crippen LogP contribution in [-0.4, -0.2) is 6.26 Å². The van der Waals surface area contributed by atoms with Crippen LogP contribution in [0.3, 0.4) is 0 Å². The molecule has 1 aliphatic rings. The van der Waals surface area contributed by atoms with E-state index < -0.39 is 0 Å². The van der Waals surface area contributed by atoms with Crippen molar-refractivity contribution in [1.29, 1.82) is 0 Å². The second-order valence-electron chi connectivity index (χ2n) is 3.86. The fourth-order valence-corrected chi connectivity index (χ4v) is 3.51. The van der Waals surface area contributed by atoms with Gasteiger partial charge in [-0.2, -0.15) is 0 Å². The number of hydrogen-bond donors (Lipinski definition) is 0. The Morgan fingerprint density at radius 1 is 1.00 bits per heavy atom. The highest BCUT2D eigenvalue weighted by molar-refractivity contribution is 7.99. The van der Waals surface area contributed by atoms with Crippen molar-refractivity contribution < 1.29 is 0 Å². The number of thioether (sulfide) groups is 1. The highest BCUT2D eigenvalue weighted by Crippen LogP contribution is 2.40. The molecule has 2 heteroatoms. The van der Waals surface area contributed by atoms with Crippen molar-refractivity contribution >= 4 is 23.5 Å². The normalized spacial score (nSPS) is 13.1. The van der Waals surface area contributed by atoms with E-state index in [-0.39, 0.29) is 0 Å². The fourth-order valence-electron chi connectivity index (χ4n) is 1.99. The summed E-state index contributed by atoms with van der Waals surface area (Å²) in [6.07, 6.45) is 3.21. The van der Waals surface area contributed by atoms with Gasteiger partial charge in [-0.3, -0.25) is 0 Å². The van der Waals surface area contributed by atoms with Crippen LogP contribution in [0.25, 0.3) is 0 Å². The Balaban J connectivity index is 2.05. The van der Waals surface area contributed by atoms with Crippen molar-refractivity contribution in [3.63, 3.8) is 0 Å². The maximum Gasteiger partial charge on any atom is 0.0158 e. The van der Waals surface area contributed by atoms with Gasteiger partial charge in [-0.25, -0.2) is 0 Å². The third kappa shape index (κ3) is 1.76. The minimum atomic E-state index is 1.08. The lowest BCUT2D eigenvalue weighted by Gasteiger charge is -2.19. The molecular weight excluding hydrogens is 232 g/mol. The molecule has 2 aromatic rings. The van der Waals surface area contributed by atoms with Gasteiger partial charge in [0.1, 0.15) is 0 Å². The first-order valence-electron chi connectivity index (χ1n) is 5.29. The number of hydrogen-bond acceptors (Lipinski definition) is 2. The Bertz CT molecular complexity index is 532. The lowest BCUT2D eigenvalue weighted by atomic mass is 10.0. The predicted octanol–water partition coefficient (Wildman–Crippen LogP) is 4.46. The van der Waals surface area contributed by atoms with E-state index in [0.29, 0.717) is 0 Å². The van der Waals surface area contributed by atoms with E-state index in [9.17, 15) is 0 Å². The lowest BCUT2D eigenvalue weighted by Crippen LogP contribution is -1.99. The van der Waals surface area contributed by atoms with E-state index in [0.717, 1.165) is 6.42 Å². The molecule has 80 valence electrons. The van der Waals surface area contributed by atoms with Gasteiger partial charge in [0.2, 0.25) is 0 Å². The van der Waals surface area contributed by atoms with Gasteiger partial charge in [-0.05, 0) is 48.1 Å². The Morgan fingerprint density at radius 3 is 2.69 bits per heavy atom. The quantitative estimate of drug-likeness (QED) is 0.579. The van der Waals surface area contributed by atoms with Crippen molar-refractivity contribution in [3.05, 3.63) is 53.6 Å². The van der Waals surface area contributed by atoms with E-state index in [2.05, 4.69) is 48.7 Å². The lowest BCUT2D eigenvalue weighted by molar-refractivity contribution is 1.04. The van der Waals surface area contributed by atoms with E-state index in [1.807, 2.05) is 23.5 Å². The van der Waals surface area contributed by atoms with Gasteiger partial charge in [-0.15, -0.1) is 11.8 Å². The molecule has 16 heavy (non-hydrogen) atoms. The standard InChI is InChI=1S/C14H12S2/c1-15-12-6-7-14-11(9-12)8-10-4-2-3-5-13(10)16-14/h2-7,9H,8H2,1H3. The molecule has 0 amide bonds. The summed E-state index contributed by atoms with van der Waals surface area (Å²) in [5.41, 5.74) is 2.92. The molecule has 0 unspecified atom stereocenters. The molecule has 0 aliphatic carbocycles. The van der Waals surface area contributed by atoms with Crippen LogP contribution < -0.4 is 0 Å². The number of fused-ring (bicyclic) bond motifs is 2. The largest absolute Gasteiger partial charge is 0.130 e. The van der Waals surface area contributed by atoms with Crippen molar-refractivity contribution in [2.75, 3.05) is 6.26 Å². The molecule has 0 fully saturated rings. The van der Waals surface area contributed by atoms with Crippen LogP contribution in [0.15, 0.2) is 57.2 Å². The molecule has 1 heterocycles. The first-order valence-corrected chi connectivity index (χ1v) is 7.33. The van der Waals surface area contributed by atoms with Crippen LogP contribution in [0.5, 0.6) is 0 Å². The second-order valence-corrected chi connectivity index (χ2v) is 5.82. The summed E-state index contributed by atoms with van der Waals surface area (Å²) in [6, 6.07) is 15.5. The number of benzene rings is 2. The smallest absolute Gasteiger partial charge is 0.0158 e. The molecule has 0 atom stereocenters. The Labute approximate surface area is 104 Å². The molecule has 0 aromatic heterocycles. The first-order chi connectivity index (χ1) is 7.86. The highest BCUT2D eigenvalue weighted by atomic mass is 32.2. The van der Waals surface area contributed by atoms with Gasteiger partial charge in [0.15, 0.2) is 0 Å². The molecule has 0 nitrogen and oxygen atoms in total. The molecule has 0 bridgehead atoms. The minimum Gasteiger partial charge on any atom is -0.130 e. The molecule has 0 radical (unpaired) electrons.